The Labute approximate surface area is 128 Å². The van der Waals surface area contributed by atoms with E-state index >= 15 is 0 Å². The van der Waals surface area contributed by atoms with Crippen LogP contribution in [0.15, 0.2) is 30.3 Å². The Morgan fingerprint density at radius 2 is 2.10 bits per heavy atom. The molecule has 2 rings (SSSR count). The summed E-state index contributed by atoms with van der Waals surface area (Å²) in [4.78, 5) is 16.5. The number of hydrogen-bond donors (Lipinski definition) is 1. The van der Waals surface area contributed by atoms with Gasteiger partial charge in [-0.15, -0.1) is 0 Å². The standard InChI is InChI=1S/C17H27N3O/c1-3-20(12-15-8-5-4-6-9-15)17(21)14-19(2)13-16-10-7-11-18-16/h4-6,8-9,16,18H,3,7,10-14H2,1-2H3. The van der Waals surface area contributed by atoms with Crippen LogP contribution in [0, 0.1) is 0 Å². The first kappa shape index (κ1) is 16.0. The molecular formula is C17H27N3O. The van der Waals surface area contributed by atoms with Gasteiger partial charge in [0.05, 0.1) is 6.54 Å². The van der Waals surface area contributed by atoms with Gasteiger partial charge in [-0.05, 0) is 38.9 Å². The molecule has 0 bridgehead atoms. The molecule has 1 amide bonds. The van der Waals surface area contributed by atoms with Crippen LogP contribution in [0.4, 0.5) is 0 Å². The fourth-order valence-electron chi connectivity index (χ4n) is 2.86. The van der Waals surface area contributed by atoms with Gasteiger partial charge in [0.2, 0.25) is 5.91 Å². The minimum atomic E-state index is 0.210. The smallest absolute Gasteiger partial charge is 0.237 e. The lowest BCUT2D eigenvalue weighted by atomic mass is 10.2. The highest BCUT2D eigenvalue weighted by Crippen LogP contribution is 2.08. The summed E-state index contributed by atoms with van der Waals surface area (Å²) in [6.45, 7) is 6.06. The molecular weight excluding hydrogens is 262 g/mol. The zero-order valence-electron chi connectivity index (χ0n) is 13.2. The van der Waals surface area contributed by atoms with Crippen LogP contribution in [0.1, 0.15) is 25.3 Å². The Bertz CT molecular complexity index is 429. The third-order valence-electron chi connectivity index (χ3n) is 4.05. The topological polar surface area (TPSA) is 35.6 Å². The molecule has 1 unspecified atom stereocenters. The quantitative estimate of drug-likeness (QED) is 0.830. The van der Waals surface area contributed by atoms with Crippen molar-refractivity contribution in [3.63, 3.8) is 0 Å². The highest BCUT2D eigenvalue weighted by molar-refractivity contribution is 5.78. The zero-order valence-corrected chi connectivity index (χ0v) is 13.2. The van der Waals surface area contributed by atoms with E-state index in [1.54, 1.807) is 0 Å². The van der Waals surface area contributed by atoms with Gasteiger partial charge in [-0.25, -0.2) is 0 Å². The van der Waals surface area contributed by atoms with Crippen molar-refractivity contribution in [3.8, 4) is 0 Å². The van der Waals surface area contributed by atoms with E-state index in [1.807, 2.05) is 37.1 Å². The van der Waals surface area contributed by atoms with Crippen LogP contribution in [-0.4, -0.2) is 55.0 Å². The monoisotopic (exact) mass is 289 g/mol. The van der Waals surface area contributed by atoms with E-state index in [9.17, 15) is 4.79 Å². The Hall–Kier alpha value is -1.39. The first-order valence-electron chi connectivity index (χ1n) is 7.92. The van der Waals surface area contributed by atoms with Gasteiger partial charge in [0.15, 0.2) is 0 Å². The molecule has 1 aliphatic rings. The van der Waals surface area contributed by atoms with E-state index in [1.165, 1.54) is 18.4 Å². The van der Waals surface area contributed by atoms with Crippen molar-refractivity contribution in [2.75, 3.05) is 33.2 Å². The molecule has 4 heteroatoms. The van der Waals surface area contributed by atoms with Gasteiger partial charge in [-0.1, -0.05) is 30.3 Å². The Balaban J connectivity index is 1.81. The molecule has 1 fully saturated rings. The maximum atomic E-state index is 12.4. The van der Waals surface area contributed by atoms with Gasteiger partial charge in [0.1, 0.15) is 0 Å². The number of amides is 1. The van der Waals surface area contributed by atoms with Gasteiger partial charge in [0, 0.05) is 25.7 Å². The van der Waals surface area contributed by atoms with E-state index in [4.69, 9.17) is 0 Å². The Morgan fingerprint density at radius 1 is 1.33 bits per heavy atom. The van der Waals surface area contributed by atoms with E-state index in [-0.39, 0.29) is 5.91 Å². The molecule has 1 N–H and O–H groups in total. The molecule has 0 aromatic heterocycles. The first-order valence-corrected chi connectivity index (χ1v) is 7.92. The molecule has 21 heavy (non-hydrogen) atoms. The van der Waals surface area contributed by atoms with Crippen LogP contribution in [0.5, 0.6) is 0 Å². The molecule has 1 heterocycles. The van der Waals surface area contributed by atoms with Crippen molar-refractivity contribution < 1.29 is 4.79 Å². The fraction of sp³-hybridized carbons (Fsp3) is 0.588. The minimum Gasteiger partial charge on any atom is -0.338 e. The molecule has 116 valence electrons. The van der Waals surface area contributed by atoms with Crippen molar-refractivity contribution >= 4 is 5.91 Å². The number of benzene rings is 1. The van der Waals surface area contributed by atoms with E-state index < -0.39 is 0 Å². The molecule has 1 saturated heterocycles. The molecule has 0 spiro atoms. The second-order valence-electron chi connectivity index (χ2n) is 5.88. The normalized spacial score (nSPS) is 18.1. The van der Waals surface area contributed by atoms with Crippen LogP contribution < -0.4 is 5.32 Å². The largest absolute Gasteiger partial charge is 0.338 e. The van der Waals surface area contributed by atoms with E-state index in [0.29, 0.717) is 19.1 Å². The minimum absolute atomic E-state index is 0.210. The lowest BCUT2D eigenvalue weighted by Gasteiger charge is -2.26. The Morgan fingerprint density at radius 3 is 2.71 bits per heavy atom. The number of nitrogens with zero attached hydrogens (tertiary/aromatic N) is 2. The van der Waals surface area contributed by atoms with E-state index in [0.717, 1.165) is 19.6 Å². The average molecular weight is 289 g/mol. The van der Waals surface area contributed by atoms with Crippen molar-refractivity contribution in [3.05, 3.63) is 35.9 Å². The van der Waals surface area contributed by atoms with Crippen LogP contribution in [0.25, 0.3) is 0 Å². The van der Waals surface area contributed by atoms with Gasteiger partial charge in [0.25, 0.3) is 0 Å². The highest BCUT2D eigenvalue weighted by atomic mass is 16.2. The lowest BCUT2D eigenvalue weighted by Crippen LogP contribution is -2.42. The second-order valence-corrected chi connectivity index (χ2v) is 5.88. The van der Waals surface area contributed by atoms with Crippen LogP contribution >= 0.6 is 0 Å². The number of nitrogens with one attached hydrogen (secondary N) is 1. The van der Waals surface area contributed by atoms with Gasteiger partial charge >= 0.3 is 0 Å². The molecule has 0 aliphatic carbocycles. The van der Waals surface area contributed by atoms with Gasteiger partial charge in [-0.3, -0.25) is 9.69 Å². The molecule has 4 nitrogen and oxygen atoms in total. The lowest BCUT2D eigenvalue weighted by molar-refractivity contribution is -0.132. The van der Waals surface area contributed by atoms with Gasteiger partial charge in [-0.2, -0.15) is 0 Å². The van der Waals surface area contributed by atoms with Gasteiger partial charge < -0.3 is 10.2 Å². The maximum Gasteiger partial charge on any atom is 0.237 e. The van der Waals surface area contributed by atoms with E-state index in [2.05, 4.69) is 22.3 Å². The predicted molar refractivity (Wildman–Crippen MR) is 86.1 cm³/mol. The molecule has 1 aliphatic heterocycles. The van der Waals surface area contributed by atoms with Crippen LogP contribution in [0.2, 0.25) is 0 Å². The van der Waals surface area contributed by atoms with Crippen LogP contribution in [0.3, 0.4) is 0 Å². The zero-order chi connectivity index (χ0) is 15.1. The Kier molecular flexibility index (Phi) is 6.21. The maximum absolute atomic E-state index is 12.4. The average Bonchev–Trinajstić information content (AvgIpc) is 2.98. The number of rotatable bonds is 7. The fourth-order valence-corrected chi connectivity index (χ4v) is 2.86. The summed E-state index contributed by atoms with van der Waals surface area (Å²) in [5, 5.41) is 3.48. The summed E-state index contributed by atoms with van der Waals surface area (Å²) >= 11 is 0. The second kappa shape index (κ2) is 8.15. The number of carbonyl (C=O) groups is 1. The van der Waals surface area contributed by atoms with Crippen molar-refractivity contribution in [2.24, 2.45) is 0 Å². The summed E-state index contributed by atoms with van der Waals surface area (Å²) in [6, 6.07) is 10.7. The first-order chi connectivity index (χ1) is 10.2. The number of carbonyl (C=O) groups excluding carboxylic acids is 1. The van der Waals surface area contributed by atoms with Crippen LogP contribution in [-0.2, 0) is 11.3 Å². The molecule has 1 atom stereocenters. The number of hydrogen-bond acceptors (Lipinski definition) is 3. The third kappa shape index (κ3) is 5.14. The summed E-state index contributed by atoms with van der Waals surface area (Å²) < 4.78 is 0. The summed E-state index contributed by atoms with van der Waals surface area (Å²) in [5.41, 5.74) is 1.19. The molecule has 0 saturated carbocycles. The van der Waals surface area contributed by atoms with Crippen molar-refractivity contribution in [1.82, 2.24) is 15.1 Å². The number of likely N-dealkylation sites (N-methyl/N-ethyl adjacent to an activating group) is 2. The molecule has 0 radical (unpaired) electrons. The molecule has 1 aromatic carbocycles. The molecule has 1 aromatic rings. The highest BCUT2D eigenvalue weighted by Gasteiger charge is 2.19. The summed E-state index contributed by atoms with van der Waals surface area (Å²) in [6.07, 6.45) is 2.47. The summed E-state index contributed by atoms with van der Waals surface area (Å²) in [5.74, 6) is 0.210. The summed E-state index contributed by atoms with van der Waals surface area (Å²) in [7, 11) is 2.04. The van der Waals surface area contributed by atoms with Crippen molar-refractivity contribution in [1.29, 1.82) is 0 Å². The SMILES string of the molecule is CCN(Cc1ccccc1)C(=O)CN(C)CC1CCCN1. The third-order valence-corrected chi connectivity index (χ3v) is 4.05. The predicted octanol–water partition coefficient (Wildman–Crippen LogP) is 1.72. The van der Waals surface area contributed by atoms with Crippen molar-refractivity contribution in [2.45, 2.75) is 32.4 Å².